The van der Waals surface area contributed by atoms with E-state index >= 15 is 0 Å². The third kappa shape index (κ3) is 3.72. The lowest BCUT2D eigenvalue weighted by atomic mass is 10.2. The zero-order valence-corrected chi connectivity index (χ0v) is 14.7. The molecule has 3 aromatic heterocycles. The predicted molar refractivity (Wildman–Crippen MR) is 91.7 cm³/mol. The maximum Gasteiger partial charge on any atom is 0.152 e. The molecule has 7 heteroatoms. The Morgan fingerprint density at radius 3 is 2.42 bits per heavy atom. The molecule has 3 rings (SSSR count). The smallest absolute Gasteiger partial charge is 0.152 e. The topological polar surface area (TPSA) is 66.3 Å². The predicted octanol–water partition coefficient (Wildman–Crippen LogP) is 2.86. The molecule has 0 spiro atoms. The van der Waals surface area contributed by atoms with Gasteiger partial charge in [0.1, 0.15) is 6.33 Å². The molecule has 7 nitrogen and oxygen atoms in total. The molecule has 0 saturated carbocycles. The van der Waals surface area contributed by atoms with Crippen LogP contribution in [0.4, 0.5) is 0 Å². The van der Waals surface area contributed by atoms with Crippen LogP contribution in [-0.2, 0) is 12.8 Å². The van der Waals surface area contributed by atoms with Gasteiger partial charge in [-0.2, -0.15) is 10.2 Å². The van der Waals surface area contributed by atoms with Gasteiger partial charge < -0.3 is 4.57 Å². The van der Waals surface area contributed by atoms with Crippen molar-refractivity contribution in [3.8, 4) is 0 Å². The van der Waals surface area contributed by atoms with E-state index in [1.165, 1.54) is 0 Å². The van der Waals surface area contributed by atoms with Crippen LogP contribution in [0.3, 0.4) is 0 Å². The molecule has 0 fully saturated rings. The normalized spacial score (nSPS) is 14.2. The fraction of sp³-hybridized carbons (Fsp3) is 0.529. The zero-order chi connectivity index (χ0) is 17.1. The van der Waals surface area contributed by atoms with Gasteiger partial charge in [0.05, 0.1) is 18.1 Å². The lowest BCUT2D eigenvalue weighted by Crippen LogP contribution is -2.12. The minimum atomic E-state index is 0.227. The number of hydrogen-bond acceptors (Lipinski definition) is 4. The highest BCUT2D eigenvalue weighted by atomic mass is 15.3. The number of aromatic nitrogens is 7. The highest BCUT2D eigenvalue weighted by Crippen LogP contribution is 2.15. The van der Waals surface area contributed by atoms with E-state index in [4.69, 9.17) is 5.10 Å². The molecule has 128 valence electrons. The van der Waals surface area contributed by atoms with E-state index in [1.807, 2.05) is 28.1 Å². The van der Waals surface area contributed by atoms with Crippen LogP contribution in [0.2, 0.25) is 0 Å². The van der Waals surface area contributed by atoms with Gasteiger partial charge in [0.25, 0.3) is 0 Å². The molecular formula is C17H25N7. The Bertz CT molecular complexity index is 754. The minimum Gasteiger partial charge on any atom is -0.334 e. The van der Waals surface area contributed by atoms with Crippen molar-refractivity contribution < 1.29 is 0 Å². The highest BCUT2D eigenvalue weighted by Gasteiger charge is 2.13. The van der Waals surface area contributed by atoms with Gasteiger partial charge in [0.2, 0.25) is 0 Å². The molecule has 2 unspecified atom stereocenters. The first-order valence-electron chi connectivity index (χ1n) is 8.44. The molecule has 0 saturated heterocycles. The van der Waals surface area contributed by atoms with E-state index in [1.54, 1.807) is 12.5 Å². The summed E-state index contributed by atoms with van der Waals surface area (Å²) in [6, 6.07) is 2.99. The number of imidazole rings is 1. The third-order valence-corrected chi connectivity index (χ3v) is 4.22. The van der Waals surface area contributed by atoms with Gasteiger partial charge >= 0.3 is 0 Å². The van der Waals surface area contributed by atoms with Crippen molar-refractivity contribution in [2.24, 2.45) is 0 Å². The molecule has 0 aliphatic rings. The van der Waals surface area contributed by atoms with Crippen molar-refractivity contribution in [2.45, 2.75) is 58.7 Å². The van der Waals surface area contributed by atoms with Crippen LogP contribution in [0.1, 0.15) is 57.3 Å². The lowest BCUT2D eigenvalue weighted by Gasteiger charge is -2.12. The molecule has 0 aliphatic carbocycles. The van der Waals surface area contributed by atoms with Crippen molar-refractivity contribution in [3.05, 3.63) is 48.8 Å². The maximum atomic E-state index is 4.72. The molecular weight excluding hydrogens is 302 g/mol. The average molecular weight is 327 g/mol. The number of rotatable bonds is 7. The van der Waals surface area contributed by atoms with Gasteiger partial charge in [-0.1, -0.05) is 0 Å². The quantitative estimate of drug-likeness (QED) is 0.669. The monoisotopic (exact) mass is 327 g/mol. The van der Waals surface area contributed by atoms with Gasteiger partial charge in [0.15, 0.2) is 5.82 Å². The van der Waals surface area contributed by atoms with Crippen LogP contribution in [0.5, 0.6) is 0 Å². The van der Waals surface area contributed by atoms with E-state index in [0.717, 1.165) is 24.4 Å². The van der Waals surface area contributed by atoms with Crippen molar-refractivity contribution in [3.63, 3.8) is 0 Å². The first-order valence-corrected chi connectivity index (χ1v) is 8.44. The highest BCUT2D eigenvalue weighted by molar-refractivity contribution is 5.02. The molecule has 24 heavy (non-hydrogen) atoms. The summed E-state index contributed by atoms with van der Waals surface area (Å²) >= 11 is 0. The second-order valence-corrected chi connectivity index (χ2v) is 6.64. The molecule has 3 heterocycles. The summed E-state index contributed by atoms with van der Waals surface area (Å²) in [5.41, 5.74) is 1.09. The molecule has 2 atom stereocenters. The molecule has 0 aliphatic heterocycles. The summed E-state index contributed by atoms with van der Waals surface area (Å²) in [5, 5.41) is 9.24. The van der Waals surface area contributed by atoms with Crippen molar-refractivity contribution in [2.75, 3.05) is 0 Å². The number of nitrogens with zero attached hydrogens (tertiary/aromatic N) is 7. The van der Waals surface area contributed by atoms with Gasteiger partial charge in [-0.05, 0) is 33.8 Å². The molecule has 0 aromatic carbocycles. The molecule has 0 N–H and O–H groups in total. The lowest BCUT2D eigenvalue weighted by molar-refractivity contribution is 0.460. The first kappa shape index (κ1) is 16.4. The Morgan fingerprint density at radius 2 is 1.75 bits per heavy atom. The van der Waals surface area contributed by atoms with Crippen LogP contribution >= 0.6 is 0 Å². The number of hydrogen-bond donors (Lipinski definition) is 0. The fourth-order valence-corrected chi connectivity index (χ4v) is 2.68. The minimum absolute atomic E-state index is 0.227. The molecule has 3 aromatic rings. The van der Waals surface area contributed by atoms with Crippen LogP contribution < -0.4 is 0 Å². The average Bonchev–Trinajstić information content (AvgIpc) is 3.28. The van der Waals surface area contributed by atoms with E-state index < -0.39 is 0 Å². The summed E-state index contributed by atoms with van der Waals surface area (Å²) in [7, 11) is 0. The van der Waals surface area contributed by atoms with Crippen molar-refractivity contribution in [1.82, 2.24) is 34.1 Å². The van der Waals surface area contributed by atoms with Gasteiger partial charge in [-0.15, -0.1) is 0 Å². The fourth-order valence-electron chi connectivity index (χ4n) is 2.68. The Labute approximate surface area is 142 Å². The SMILES string of the molecule is CC(Cc1ccn(C(C)Cc2ncn(C(C)C)n2)n1)n1ccnc1. The van der Waals surface area contributed by atoms with Gasteiger partial charge in [-0.3, -0.25) is 9.36 Å². The molecule has 0 radical (unpaired) electrons. The van der Waals surface area contributed by atoms with E-state index in [0.29, 0.717) is 12.1 Å². The summed E-state index contributed by atoms with van der Waals surface area (Å²) in [6.07, 6.45) is 11.1. The summed E-state index contributed by atoms with van der Waals surface area (Å²) in [5.74, 6) is 0.861. The van der Waals surface area contributed by atoms with E-state index in [-0.39, 0.29) is 6.04 Å². The van der Waals surface area contributed by atoms with E-state index in [9.17, 15) is 0 Å². The first-order chi connectivity index (χ1) is 11.5. The second-order valence-electron chi connectivity index (χ2n) is 6.64. The standard InChI is InChI=1S/C17H25N7/c1-13(2)24-12-19-17(21-24)10-15(4)23-7-5-16(20-23)9-14(3)22-8-6-18-11-22/h5-8,11-15H,9-10H2,1-4H3. The van der Waals surface area contributed by atoms with Crippen LogP contribution in [0, 0.1) is 0 Å². The molecule has 0 amide bonds. The third-order valence-electron chi connectivity index (χ3n) is 4.22. The second kappa shape index (κ2) is 6.98. The molecule has 0 bridgehead atoms. The largest absolute Gasteiger partial charge is 0.334 e. The Hall–Kier alpha value is -2.44. The van der Waals surface area contributed by atoms with E-state index in [2.05, 4.69) is 53.4 Å². The zero-order valence-electron chi connectivity index (χ0n) is 14.7. The van der Waals surface area contributed by atoms with Crippen LogP contribution in [0.25, 0.3) is 0 Å². The summed E-state index contributed by atoms with van der Waals surface area (Å²) in [4.78, 5) is 8.49. The Morgan fingerprint density at radius 1 is 0.917 bits per heavy atom. The van der Waals surface area contributed by atoms with Gasteiger partial charge in [0, 0.05) is 43.5 Å². The van der Waals surface area contributed by atoms with Gasteiger partial charge in [-0.25, -0.2) is 9.97 Å². The summed E-state index contributed by atoms with van der Waals surface area (Å²) < 4.78 is 6.00. The van der Waals surface area contributed by atoms with Crippen LogP contribution in [0.15, 0.2) is 37.3 Å². The Balaban J connectivity index is 1.61. The van der Waals surface area contributed by atoms with Crippen molar-refractivity contribution >= 4 is 0 Å². The summed E-state index contributed by atoms with van der Waals surface area (Å²) in [6.45, 7) is 8.52. The van der Waals surface area contributed by atoms with Crippen molar-refractivity contribution in [1.29, 1.82) is 0 Å². The maximum absolute atomic E-state index is 4.72. The van der Waals surface area contributed by atoms with Crippen LogP contribution in [-0.4, -0.2) is 34.1 Å². The Kier molecular flexibility index (Phi) is 4.78.